The lowest BCUT2D eigenvalue weighted by atomic mass is 9.99. The van der Waals surface area contributed by atoms with Gasteiger partial charge in [0.05, 0.1) is 30.8 Å². The smallest absolute Gasteiger partial charge is 0.496 e. The summed E-state index contributed by atoms with van der Waals surface area (Å²) >= 11 is 0. The van der Waals surface area contributed by atoms with Gasteiger partial charge in [-0.1, -0.05) is 12.8 Å². The highest BCUT2D eigenvalue weighted by molar-refractivity contribution is 7.67. The molecule has 0 amide bonds. The first-order valence-corrected chi connectivity index (χ1v) is 11.9. The standard InChI is InChI=1S/C20H31O2P.BF4/c1-21-16-13-17(22-2)15-20(14-16)23(18-9-5-3-6-10-18)19-11-7-4-8-12-19;2-1(3,4)5/h13-15,18-19H,3-12H2,1-2H3;/q;-1/p+1. The van der Waals surface area contributed by atoms with Crippen LogP contribution in [-0.2, 0) is 0 Å². The Morgan fingerprint density at radius 1 is 0.714 bits per heavy atom. The third-order valence-corrected chi connectivity index (χ3v) is 9.64. The predicted octanol–water partition coefficient (Wildman–Crippen LogP) is 6.51. The van der Waals surface area contributed by atoms with Gasteiger partial charge in [-0.2, -0.15) is 0 Å². The second-order valence-corrected chi connectivity index (χ2v) is 10.8. The van der Waals surface area contributed by atoms with E-state index in [4.69, 9.17) is 9.47 Å². The Hall–Kier alpha value is -0.965. The van der Waals surface area contributed by atoms with E-state index in [1.54, 1.807) is 19.5 Å². The lowest BCUT2D eigenvalue weighted by molar-refractivity contribution is 0.368. The summed E-state index contributed by atoms with van der Waals surface area (Å²) in [5.74, 6) is 1.93. The van der Waals surface area contributed by atoms with Crippen molar-refractivity contribution in [1.82, 2.24) is 0 Å². The minimum atomic E-state index is -6.00. The molecule has 0 radical (unpaired) electrons. The third-order valence-electron chi connectivity index (χ3n) is 5.77. The number of methoxy groups -OCH3 is 2. The molecule has 2 aliphatic carbocycles. The topological polar surface area (TPSA) is 18.5 Å². The molecule has 2 saturated carbocycles. The molecule has 3 rings (SSSR count). The van der Waals surface area contributed by atoms with Crippen LogP contribution in [0.4, 0.5) is 17.3 Å². The fourth-order valence-electron chi connectivity index (χ4n) is 4.61. The average molecular weight is 422 g/mol. The first kappa shape index (κ1) is 23.3. The molecule has 2 aliphatic rings. The zero-order valence-electron chi connectivity index (χ0n) is 16.9. The molecule has 0 unspecified atom stereocenters. The Morgan fingerprint density at radius 3 is 1.39 bits per heavy atom. The van der Waals surface area contributed by atoms with Crippen molar-refractivity contribution in [1.29, 1.82) is 0 Å². The molecule has 2 fully saturated rings. The van der Waals surface area contributed by atoms with Crippen LogP contribution < -0.4 is 14.8 Å². The summed E-state index contributed by atoms with van der Waals surface area (Å²) in [7, 11) is -3.01. The molecule has 0 aromatic heterocycles. The van der Waals surface area contributed by atoms with Crippen molar-refractivity contribution in [3.05, 3.63) is 18.2 Å². The van der Waals surface area contributed by atoms with E-state index >= 15 is 0 Å². The van der Waals surface area contributed by atoms with Gasteiger partial charge in [-0.25, -0.2) is 0 Å². The maximum absolute atomic E-state index is 9.75. The van der Waals surface area contributed by atoms with Crippen LogP contribution in [0.15, 0.2) is 18.2 Å². The Balaban J connectivity index is 0.000000500. The highest BCUT2D eigenvalue weighted by Gasteiger charge is 2.39. The molecule has 0 aliphatic heterocycles. The first-order chi connectivity index (χ1) is 13.3. The van der Waals surface area contributed by atoms with E-state index < -0.39 is 15.2 Å². The molecule has 28 heavy (non-hydrogen) atoms. The van der Waals surface area contributed by atoms with Crippen molar-refractivity contribution >= 4 is 20.5 Å². The highest BCUT2D eigenvalue weighted by atomic mass is 31.1. The van der Waals surface area contributed by atoms with Crippen LogP contribution in [0.1, 0.15) is 64.2 Å². The summed E-state index contributed by atoms with van der Waals surface area (Å²) in [5.41, 5.74) is 1.90. The molecule has 1 aromatic carbocycles. The van der Waals surface area contributed by atoms with Gasteiger partial charge in [0.25, 0.3) is 0 Å². The van der Waals surface area contributed by atoms with Crippen LogP contribution in [0.25, 0.3) is 0 Å². The third kappa shape index (κ3) is 7.81. The van der Waals surface area contributed by atoms with Gasteiger partial charge in [0, 0.05) is 26.1 Å². The zero-order valence-corrected chi connectivity index (χ0v) is 17.9. The zero-order chi connectivity index (χ0) is 20.6. The number of hydrogen-bond donors (Lipinski definition) is 0. The molecular weight excluding hydrogens is 390 g/mol. The van der Waals surface area contributed by atoms with Crippen LogP contribution in [0.5, 0.6) is 11.5 Å². The number of benzene rings is 1. The maximum Gasteiger partial charge on any atom is 0.673 e. The van der Waals surface area contributed by atoms with Gasteiger partial charge in [0.2, 0.25) is 0 Å². The second-order valence-electron chi connectivity index (χ2n) is 7.72. The average Bonchev–Trinajstić information content (AvgIpc) is 2.68. The Labute approximate surface area is 167 Å². The molecule has 0 atom stereocenters. The van der Waals surface area contributed by atoms with Crippen molar-refractivity contribution < 1.29 is 26.7 Å². The van der Waals surface area contributed by atoms with Crippen LogP contribution in [0.3, 0.4) is 0 Å². The molecule has 1 aromatic rings. The van der Waals surface area contributed by atoms with Gasteiger partial charge in [0.15, 0.2) is 0 Å². The van der Waals surface area contributed by atoms with E-state index in [0.29, 0.717) is 0 Å². The van der Waals surface area contributed by atoms with Crippen LogP contribution in [0.2, 0.25) is 0 Å². The fraction of sp³-hybridized carbons (Fsp3) is 0.700. The molecule has 2 nitrogen and oxygen atoms in total. The minimum Gasteiger partial charge on any atom is -0.496 e. The molecule has 0 saturated heterocycles. The molecule has 8 heteroatoms. The van der Waals surface area contributed by atoms with Crippen molar-refractivity contribution in [3.63, 3.8) is 0 Å². The van der Waals surface area contributed by atoms with Crippen LogP contribution in [-0.4, -0.2) is 32.8 Å². The normalized spacial score (nSPS) is 19.1. The summed E-state index contributed by atoms with van der Waals surface area (Å²) in [6.45, 7) is 0. The molecule has 160 valence electrons. The Bertz CT molecular complexity index is 542. The van der Waals surface area contributed by atoms with E-state index in [-0.39, 0.29) is 0 Å². The number of halogens is 4. The molecule has 0 spiro atoms. The predicted molar refractivity (Wildman–Crippen MR) is 111 cm³/mol. The quantitative estimate of drug-likeness (QED) is 0.306. The summed E-state index contributed by atoms with van der Waals surface area (Å²) < 4.78 is 50.1. The number of ether oxygens (including phenoxy) is 2. The van der Waals surface area contributed by atoms with Crippen LogP contribution in [0, 0.1) is 0 Å². The minimum absolute atomic E-state index is 0.547. The highest BCUT2D eigenvalue weighted by Crippen LogP contribution is 2.55. The van der Waals surface area contributed by atoms with Gasteiger partial charge in [-0.15, -0.1) is 0 Å². The lowest BCUT2D eigenvalue weighted by Gasteiger charge is -2.32. The van der Waals surface area contributed by atoms with Crippen LogP contribution >= 0.6 is 7.92 Å². The molecule has 0 bridgehead atoms. The Kier molecular flexibility index (Phi) is 9.39. The van der Waals surface area contributed by atoms with E-state index in [9.17, 15) is 17.3 Å². The van der Waals surface area contributed by atoms with E-state index in [0.717, 1.165) is 22.8 Å². The van der Waals surface area contributed by atoms with Gasteiger partial charge in [0.1, 0.15) is 11.5 Å². The summed E-state index contributed by atoms with van der Waals surface area (Å²) in [5, 5.41) is 1.56. The van der Waals surface area contributed by atoms with Gasteiger partial charge in [-0.3, -0.25) is 0 Å². The molecular formula is C20H32BF4O2P. The van der Waals surface area contributed by atoms with Crippen molar-refractivity contribution in [2.45, 2.75) is 75.5 Å². The largest absolute Gasteiger partial charge is 0.673 e. The molecule has 0 N–H and O–H groups in total. The van der Waals surface area contributed by atoms with Crippen molar-refractivity contribution in [3.8, 4) is 11.5 Å². The van der Waals surface area contributed by atoms with Gasteiger partial charge >= 0.3 is 7.25 Å². The SMILES string of the molecule is COc1cc(OC)cc([PH+](C2CCCCC2)C2CCCCC2)c1.F[B-](F)(F)F. The van der Waals surface area contributed by atoms with Crippen molar-refractivity contribution in [2.75, 3.05) is 14.2 Å². The maximum atomic E-state index is 9.75. The van der Waals surface area contributed by atoms with E-state index in [2.05, 4.69) is 12.1 Å². The number of rotatable bonds is 5. The van der Waals surface area contributed by atoms with Gasteiger partial charge < -0.3 is 26.7 Å². The number of hydrogen-bond acceptors (Lipinski definition) is 2. The summed E-state index contributed by atoms with van der Waals surface area (Å²) in [6.07, 6.45) is 14.4. The van der Waals surface area contributed by atoms with E-state index in [1.807, 2.05) is 6.07 Å². The summed E-state index contributed by atoms with van der Waals surface area (Å²) in [4.78, 5) is 0. The lowest BCUT2D eigenvalue weighted by Crippen LogP contribution is -2.26. The Morgan fingerprint density at radius 2 is 1.07 bits per heavy atom. The summed E-state index contributed by atoms with van der Waals surface area (Å²) in [6, 6.07) is 6.66. The molecule has 0 heterocycles. The van der Waals surface area contributed by atoms with Crippen molar-refractivity contribution in [2.24, 2.45) is 0 Å². The first-order valence-electron chi connectivity index (χ1n) is 10.3. The fourth-order valence-corrected chi connectivity index (χ4v) is 8.89. The van der Waals surface area contributed by atoms with E-state index in [1.165, 1.54) is 64.2 Å². The second kappa shape index (κ2) is 11.3. The monoisotopic (exact) mass is 422 g/mol. The van der Waals surface area contributed by atoms with Gasteiger partial charge in [-0.05, 0) is 51.4 Å².